The second-order valence-corrected chi connectivity index (χ2v) is 3.91. The molecule has 18 heavy (non-hydrogen) atoms. The van der Waals surface area contributed by atoms with Gasteiger partial charge in [-0.05, 0) is 37.1 Å². The van der Waals surface area contributed by atoms with Crippen LogP contribution in [0.2, 0.25) is 0 Å². The number of nitrogens with two attached hydrogens (primary N) is 1. The first-order chi connectivity index (χ1) is 8.54. The standard InChI is InChI=1S/C11H11FN2O2.C2H6/c12-7-1-3-8(4-2-7)14-10(16)11(5-6-11)9(13)15;1-2/h1-4H,5-6H2,(H2,13,15)(H,14,16);1-2H3. The van der Waals surface area contributed by atoms with Gasteiger partial charge in [0, 0.05) is 5.69 Å². The number of anilines is 1. The molecule has 1 aromatic rings. The number of hydrogen-bond acceptors (Lipinski definition) is 2. The molecule has 5 heteroatoms. The Hall–Kier alpha value is -1.91. The Labute approximate surface area is 105 Å². The minimum Gasteiger partial charge on any atom is -0.369 e. The van der Waals surface area contributed by atoms with Crippen molar-refractivity contribution >= 4 is 17.5 Å². The van der Waals surface area contributed by atoms with Gasteiger partial charge in [0.2, 0.25) is 11.8 Å². The zero-order chi connectivity index (χ0) is 13.8. The average molecular weight is 252 g/mol. The van der Waals surface area contributed by atoms with Crippen molar-refractivity contribution in [3.63, 3.8) is 0 Å². The van der Waals surface area contributed by atoms with Gasteiger partial charge >= 0.3 is 0 Å². The minimum atomic E-state index is -1.05. The molecule has 0 atom stereocenters. The number of carbonyl (C=O) groups excluding carboxylic acids is 2. The van der Waals surface area contributed by atoms with E-state index in [1.54, 1.807) is 0 Å². The highest BCUT2D eigenvalue weighted by atomic mass is 19.1. The summed E-state index contributed by atoms with van der Waals surface area (Å²) < 4.78 is 12.6. The van der Waals surface area contributed by atoms with Crippen molar-refractivity contribution in [3.05, 3.63) is 30.1 Å². The topological polar surface area (TPSA) is 72.2 Å². The zero-order valence-corrected chi connectivity index (χ0v) is 10.5. The van der Waals surface area contributed by atoms with Crippen LogP contribution in [0.4, 0.5) is 10.1 Å². The normalized spacial score (nSPS) is 15.1. The maximum absolute atomic E-state index is 12.6. The molecule has 2 rings (SSSR count). The van der Waals surface area contributed by atoms with E-state index in [4.69, 9.17) is 5.73 Å². The smallest absolute Gasteiger partial charge is 0.240 e. The molecular weight excluding hydrogens is 235 g/mol. The van der Waals surface area contributed by atoms with E-state index in [9.17, 15) is 14.0 Å². The maximum atomic E-state index is 12.6. The van der Waals surface area contributed by atoms with Gasteiger partial charge in [-0.3, -0.25) is 9.59 Å². The van der Waals surface area contributed by atoms with E-state index in [0.29, 0.717) is 18.5 Å². The SMILES string of the molecule is CC.NC(=O)C1(C(=O)Nc2ccc(F)cc2)CC1. The van der Waals surface area contributed by atoms with Gasteiger partial charge in [-0.15, -0.1) is 0 Å². The van der Waals surface area contributed by atoms with E-state index < -0.39 is 17.2 Å². The van der Waals surface area contributed by atoms with Crippen molar-refractivity contribution in [2.75, 3.05) is 5.32 Å². The number of hydrogen-bond donors (Lipinski definition) is 2. The molecule has 0 aliphatic heterocycles. The van der Waals surface area contributed by atoms with Crippen LogP contribution < -0.4 is 11.1 Å². The van der Waals surface area contributed by atoms with Crippen molar-refractivity contribution < 1.29 is 14.0 Å². The third-order valence-corrected chi connectivity index (χ3v) is 2.76. The number of rotatable bonds is 3. The summed E-state index contributed by atoms with van der Waals surface area (Å²) in [5.41, 5.74) is 4.56. The van der Waals surface area contributed by atoms with Gasteiger partial charge in [-0.25, -0.2) is 4.39 Å². The van der Waals surface area contributed by atoms with E-state index in [0.717, 1.165) is 0 Å². The molecule has 0 radical (unpaired) electrons. The summed E-state index contributed by atoms with van der Waals surface area (Å²) in [6, 6.07) is 5.34. The predicted molar refractivity (Wildman–Crippen MR) is 67.2 cm³/mol. The Morgan fingerprint density at radius 1 is 1.22 bits per heavy atom. The number of nitrogens with one attached hydrogen (secondary N) is 1. The molecule has 0 unspecified atom stereocenters. The van der Waals surface area contributed by atoms with Crippen molar-refractivity contribution in [1.82, 2.24) is 0 Å². The lowest BCUT2D eigenvalue weighted by Gasteiger charge is -2.11. The Morgan fingerprint density at radius 2 is 1.72 bits per heavy atom. The van der Waals surface area contributed by atoms with Crippen molar-refractivity contribution in [2.45, 2.75) is 26.7 Å². The van der Waals surface area contributed by atoms with Gasteiger partial charge < -0.3 is 11.1 Å². The van der Waals surface area contributed by atoms with Gasteiger partial charge in [0.1, 0.15) is 11.2 Å². The number of primary amides is 1. The molecule has 0 saturated heterocycles. The summed E-state index contributed by atoms with van der Waals surface area (Å²) in [6.07, 6.45) is 0.963. The first kappa shape index (κ1) is 14.2. The molecule has 3 N–H and O–H groups in total. The maximum Gasteiger partial charge on any atom is 0.240 e. The van der Waals surface area contributed by atoms with Gasteiger partial charge in [0.25, 0.3) is 0 Å². The molecule has 1 aliphatic carbocycles. The van der Waals surface area contributed by atoms with Crippen LogP contribution in [0, 0.1) is 11.2 Å². The van der Waals surface area contributed by atoms with Crippen LogP contribution in [0.25, 0.3) is 0 Å². The third kappa shape index (κ3) is 2.85. The molecule has 1 aromatic carbocycles. The molecule has 1 aliphatic rings. The van der Waals surface area contributed by atoms with Crippen LogP contribution in [-0.4, -0.2) is 11.8 Å². The van der Waals surface area contributed by atoms with Crippen LogP contribution in [-0.2, 0) is 9.59 Å². The lowest BCUT2D eigenvalue weighted by atomic mass is 10.1. The van der Waals surface area contributed by atoms with E-state index in [-0.39, 0.29) is 5.82 Å². The lowest BCUT2D eigenvalue weighted by Crippen LogP contribution is -2.36. The molecule has 0 spiro atoms. The lowest BCUT2D eigenvalue weighted by molar-refractivity contribution is -0.132. The highest BCUT2D eigenvalue weighted by Crippen LogP contribution is 2.46. The van der Waals surface area contributed by atoms with Crippen molar-refractivity contribution in [3.8, 4) is 0 Å². The Kier molecular flexibility index (Phi) is 4.42. The number of halogens is 1. The summed E-state index contributed by atoms with van der Waals surface area (Å²) in [4.78, 5) is 22.8. The molecule has 0 aromatic heterocycles. The van der Waals surface area contributed by atoms with E-state index in [1.807, 2.05) is 13.8 Å². The number of benzene rings is 1. The molecule has 0 bridgehead atoms. The van der Waals surface area contributed by atoms with Crippen molar-refractivity contribution in [1.29, 1.82) is 0 Å². The molecule has 4 nitrogen and oxygen atoms in total. The molecule has 1 saturated carbocycles. The fourth-order valence-electron chi connectivity index (χ4n) is 1.49. The van der Waals surface area contributed by atoms with Crippen LogP contribution in [0.15, 0.2) is 24.3 Å². The number of carbonyl (C=O) groups is 2. The molecule has 0 heterocycles. The average Bonchev–Trinajstić information content (AvgIpc) is 3.16. The predicted octanol–water partition coefficient (Wildman–Crippen LogP) is 2.06. The van der Waals surface area contributed by atoms with Gasteiger partial charge in [-0.1, -0.05) is 13.8 Å². The van der Waals surface area contributed by atoms with E-state index >= 15 is 0 Å². The first-order valence-electron chi connectivity index (χ1n) is 5.91. The molecule has 1 fully saturated rings. The summed E-state index contributed by atoms with van der Waals surface area (Å²) >= 11 is 0. The fraction of sp³-hybridized carbons (Fsp3) is 0.385. The summed E-state index contributed by atoms with van der Waals surface area (Å²) in [5.74, 6) is -1.40. The monoisotopic (exact) mass is 252 g/mol. The van der Waals surface area contributed by atoms with Gasteiger partial charge in [0.15, 0.2) is 0 Å². The molecule has 2 amide bonds. The van der Waals surface area contributed by atoms with Crippen molar-refractivity contribution in [2.24, 2.45) is 11.1 Å². The fourth-order valence-corrected chi connectivity index (χ4v) is 1.49. The Morgan fingerprint density at radius 3 is 2.11 bits per heavy atom. The van der Waals surface area contributed by atoms with E-state index in [2.05, 4.69) is 5.32 Å². The second kappa shape index (κ2) is 5.62. The third-order valence-electron chi connectivity index (χ3n) is 2.76. The molecular formula is C13H17FN2O2. The molecule has 98 valence electrons. The van der Waals surface area contributed by atoms with Crippen LogP contribution >= 0.6 is 0 Å². The minimum absolute atomic E-state index is 0.381. The van der Waals surface area contributed by atoms with Crippen LogP contribution in [0.5, 0.6) is 0 Å². The Bertz CT molecular complexity index is 439. The quantitative estimate of drug-likeness (QED) is 0.808. The zero-order valence-electron chi connectivity index (χ0n) is 10.5. The van der Waals surface area contributed by atoms with Crippen LogP contribution in [0.3, 0.4) is 0 Å². The largest absolute Gasteiger partial charge is 0.369 e. The Balaban J connectivity index is 0.000000771. The highest BCUT2D eigenvalue weighted by Gasteiger charge is 2.55. The number of amides is 2. The summed E-state index contributed by atoms with van der Waals surface area (Å²) in [7, 11) is 0. The van der Waals surface area contributed by atoms with Gasteiger partial charge in [0.05, 0.1) is 0 Å². The summed E-state index contributed by atoms with van der Waals surface area (Å²) in [6.45, 7) is 4.00. The van der Waals surface area contributed by atoms with Gasteiger partial charge in [-0.2, -0.15) is 0 Å². The first-order valence-corrected chi connectivity index (χ1v) is 5.91. The second-order valence-electron chi connectivity index (χ2n) is 3.91. The van der Waals surface area contributed by atoms with Crippen LogP contribution in [0.1, 0.15) is 26.7 Å². The highest BCUT2D eigenvalue weighted by molar-refractivity contribution is 6.12. The van der Waals surface area contributed by atoms with E-state index in [1.165, 1.54) is 24.3 Å². The summed E-state index contributed by atoms with van der Waals surface area (Å²) in [5, 5.41) is 2.55.